The zero-order valence-electron chi connectivity index (χ0n) is 11.5. The summed E-state index contributed by atoms with van der Waals surface area (Å²) < 4.78 is 26.7. The van der Waals surface area contributed by atoms with Gasteiger partial charge in [-0.25, -0.2) is 8.78 Å². The Morgan fingerprint density at radius 3 is 2.70 bits per heavy atom. The molecule has 0 spiro atoms. The van der Waals surface area contributed by atoms with Gasteiger partial charge in [0, 0.05) is 13.0 Å². The van der Waals surface area contributed by atoms with Crippen LogP contribution in [0, 0.1) is 17.6 Å². The van der Waals surface area contributed by atoms with Crippen molar-refractivity contribution in [2.45, 2.75) is 26.8 Å². The van der Waals surface area contributed by atoms with Gasteiger partial charge in [-0.2, -0.15) is 0 Å². The van der Waals surface area contributed by atoms with Gasteiger partial charge < -0.3 is 5.32 Å². The lowest BCUT2D eigenvalue weighted by Crippen LogP contribution is -2.18. The Labute approximate surface area is 121 Å². The number of nitrogens with zero attached hydrogens (tertiary/aromatic N) is 2. The average molecular weight is 297 g/mol. The zero-order chi connectivity index (χ0) is 14.5. The summed E-state index contributed by atoms with van der Waals surface area (Å²) >= 11 is 1.42. The second-order valence-corrected chi connectivity index (χ2v) is 6.15. The Bertz CT molecular complexity index is 569. The number of hydrogen-bond donors (Lipinski definition) is 1. The molecule has 0 unspecified atom stereocenters. The summed E-state index contributed by atoms with van der Waals surface area (Å²) in [6.07, 6.45) is 0.269. The second kappa shape index (κ2) is 6.85. The largest absolute Gasteiger partial charge is 0.310 e. The van der Waals surface area contributed by atoms with Crippen molar-refractivity contribution in [1.29, 1.82) is 0 Å². The third-order valence-electron chi connectivity index (χ3n) is 2.71. The predicted molar refractivity (Wildman–Crippen MR) is 75.6 cm³/mol. The standard InChI is InChI=1S/C14H17F2N3S/c1-9(2)7-17-8-13-19-18-12(20-13)6-10-4-3-5-11(15)14(10)16/h3-5,9,17H,6-8H2,1-2H3. The highest BCUT2D eigenvalue weighted by Gasteiger charge is 2.11. The van der Waals surface area contributed by atoms with Crippen LogP contribution in [0.5, 0.6) is 0 Å². The third kappa shape index (κ3) is 4.05. The molecule has 0 fully saturated rings. The van der Waals surface area contributed by atoms with Crippen molar-refractivity contribution < 1.29 is 8.78 Å². The molecule has 0 aliphatic carbocycles. The molecule has 108 valence electrons. The Balaban J connectivity index is 1.97. The van der Waals surface area contributed by atoms with Crippen LogP contribution in [0.4, 0.5) is 8.78 Å². The molecule has 1 aromatic carbocycles. The highest BCUT2D eigenvalue weighted by molar-refractivity contribution is 7.11. The first-order valence-corrected chi connectivity index (χ1v) is 7.32. The van der Waals surface area contributed by atoms with Crippen LogP contribution in [0.1, 0.15) is 29.4 Å². The lowest BCUT2D eigenvalue weighted by molar-refractivity contribution is 0.500. The topological polar surface area (TPSA) is 37.8 Å². The first kappa shape index (κ1) is 15.0. The van der Waals surface area contributed by atoms with Crippen LogP contribution in [0.2, 0.25) is 0 Å². The van der Waals surface area contributed by atoms with E-state index >= 15 is 0 Å². The third-order valence-corrected chi connectivity index (χ3v) is 3.63. The molecule has 1 heterocycles. The molecule has 0 atom stereocenters. The maximum absolute atomic E-state index is 13.6. The van der Waals surface area contributed by atoms with E-state index in [2.05, 4.69) is 29.4 Å². The van der Waals surface area contributed by atoms with Gasteiger partial charge in [0.05, 0.1) is 0 Å². The van der Waals surface area contributed by atoms with E-state index in [1.165, 1.54) is 17.4 Å². The molecular formula is C14H17F2N3S. The number of benzene rings is 1. The Kier molecular flexibility index (Phi) is 5.14. The first-order chi connectivity index (χ1) is 9.56. The lowest BCUT2D eigenvalue weighted by Gasteiger charge is -2.04. The fraction of sp³-hybridized carbons (Fsp3) is 0.429. The van der Waals surface area contributed by atoms with Gasteiger partial charge in [-0.05, 0) is 24.1 Å². The van der Waals surface area contributed by atoms with Crippen molar-refractivity contribution in [3.63, 3.8) is 0 Å². The van der Waals surface area contributed by atoms with Gasteiger partial charge >= 0.3 is 0 Å². The van der Waals surface area contributed by atoms with E-state index in [1.54, 1.807) is 6.07 Å². The van der Waals surface area contributed by atoms with Gasteiger partial charge in [0.15, 0.2) is 11.6 Å². The average Bonchev–Trinajstić information content (AvgIpc) is 2.82. The van der Waals surface area contributed by atoms with Gasteiger partial charge in [-0.1, -0.05) is 37.3 Å². The van der Waals surface area contributed by atoms with E-state index in [4.69, 9.17) is 0 Å². The van der Waals surface area contributed by atoms with Gasteiger partial charge in [0.1, 0.15) is 10.0 Å². The number of nitrogens with one attached hydrogen (secondary N) is 1. The molecular weight excluding hydrogens is 280 g/mol. The van der Waals surface area contributed by atoms with Crippen LogP contribution in [-0.4, -0.2) is 16.7 Å². The minimum Gasteiger partial charge on any atom is -0.310 e. The van der Waals surface area contributed by atoms with E-state index in [9.17, 15) is 8.78 Å². The molecule has 3 nitrogen and oxygen atoms in total. The number of hydrogen-bond acceptors (Lipinski definition) is 4. The van der Waals surface area contributed by atoms with E-state index in [1.807, 2.05) is 0 Å². The van der Waals surface area contributed by atoms with Crippen LogP contribution in [0.15, 0.2) is 18.2 Å². The highest BCUT2D eigenvalue weighted by atomic mass is 32.1. The first-order valence-electron chi connectivity index (χ1n) is 6.51. The molecule has 0 saturated carbocycles. The highest BCUT2D eigenvalue weighted by Crippen LogP contribution is 2.18. The van der Waals surface area contributed by atoms with Gasteiger partial charge in [0.25, 0.3) is 0 Å². The summed E-state index contributed by atoms with van der Waals surface area (Å²) in [5.41, 5.74) is 0.308. The molecule has 6 heteroatoms. The van der Waals surface area contributed by atoms with E-state index in [-0.39, 0.29) is 6.42 Å². The second-order valence-electron chi connectivity index (χ2n) is 5.00. The molecule has 1 N–H and O–H groups in total. The lowest BCUT2D eigenvalue weighted by atomic mass is 10.1. The fourth-order valence-electron chi connectivity index (χ4n) is 1.75. The van der Waals surface area contributed by atoms with Gasteiger partial charge in [0.2, 0.25) is 0 Å². The van der Waals surface area contributed by atoms with Crippen LogP contribution in [-0.2, 0) is 13.0 Å². The molecule has 0 amide bonds. The van der Waals surface area contributed by atoms with Crippen LogP contribution < -0.4 is 5.32 Å². The summed E-state index contributed by atoms with van der Waals surface area (Å²) in [5, 5.41) is 12.9. The van der Waals surface area contributed by atoms with Crippen molar-refractivity contribution >= 4 is 11.3 Å². The van der Waals surface area contributed by atoms with Crippen molar-refractivity contribution in [2.24, 2.45) is 5.92 Å². The smallest absolute Gasteiger partial charge is 0.162 e. The van der Waals surface area contributed by atoms with E-state index in [0.29, 0.717) is 23.0 Å². The van der Waals surface area contributed by atoms with Crippen LogP contribution in [0.3, 0.4) is 0 Å². The maximum atomic E-state index is 13.6. The number of aromatic nitrogens is 2. The zero-order valence-corrected chi connectivity index (χ0v) is 12.3. The van der Waals surface area contributed by atoms with E-state index in [0.717, 1.165) is 17.6 Å². The molecule has 0 bridgehead atoms. The Morgan fingerprint density at radius 1 is 1.20 bits per heavy atom. The van der Waals surface area contributed by atoms with Crippen LogP contribution in [0.25, 0.3) is 0 Å². The molecule has 1 aromatic heterocycles. The quantitative estimate of drug-likeness (QED) is 0.890. The van der Waals surface area contributed by atoms with Crippen molar-refractivity contribution in [3.8, 4) is 0 Å². The minimum absolute atomic E-state index is 0.269. The monoisotopic (exact) mass is 297 g/mol. The van der Waals surface area contributed by atoms with Crippen LogP contribution >= 0.6 is 11.3 Å². The number of halogens is 2. The van der Waals surface area contributed by atoms with Crippen molar-refractivity contribution in [2.75, 3.05) is 6.54 Å². The fourth-order valence-corrected chi connectivity index (χ4v) is 2.58. The minimum atomic E-state index is -0.828. The molecule has 0 aliphatic rings. The SMILES string of the molecule is CC(C)CNCc1nnc(Cc2cccc(F)c2F)s1. The Morgan fingerprint density at radius 2 is 1.95 bits per heavy atom. The van der Waals surface area contributed by atoms with Gasteiger partial charge in [-0.15, -0.1) is 10.2 Å². The van der Waals surface area contributed by atoms with Gasteiger partial charge in [-0.3, -0.25) is 0 Å². The summed E-state index contributed by atoms with van der Waals surface area (Å²) in [7, 11) is 0. The summed E-state index contributed by atoms with van der Waals surface area (Å²) in [4.78, 5) is 0. The summed E-state index contributed by atoms with van der Waals surface area (Å²) in [5.74, 6) is -1.06. The van der Waals surface area contributed by atoms with Crippen molar-refractivity contribution in [1.82, 2.24) is 15.5 Å². The summed E-state index contributed by atoms with van der Waals surface area (Å²) in [6.45, 7) is 5.82. The Hall–Kier alpha value is -1.40. The normalized spacial score (nSPS) is 11.2. The number of rotatable bonds is 6. The predicted octanol–water partition coefficient (Wildman–Crippen LogP) is 3.15. The molecule has 2 rings (SSSR count). The molecule has 2 aromatic rings. The maximum Gasteiger partial charge on any atom is 0.162 e. The molecule has 0 aliphatic heterocycles. The molecule has 0 radical (unpaired) electrons. The molecule has 0 saturated heterocycles. The molecule has 20 heavy (non-hydrogen) atoms. The van der Waals surface area contributed by atoms with Crippen molar-refractivity contribution in [3.05, 3.63) is 45.4 Å². The summed E-state index contributed by atoms with van der Waals surface area (Å²) in [6, 6.07) is 4.18. The van der Waals surface area contributed by atoms with E-state index < -0.39 is 11.6 Å².